The van der Waals surface area contributed by atoms with Gasteiger partial charge in [-0.15, -0.1) is 0 Å². The molecule has 10 rings (SSSR count). The Morgan fingerprint density at radius 2 is 1.18 bits per heavy atom. The summed E-state index contributed by atoms with van der Waals surface area (Å²) in [7, 11) is -5.02. The molecule has 0 amide bonds. The van der Waals surface area contributed by atoms with Gasteiger partial charge in [-0.2, -0.15) is 0 Å². The zero-order valence-electron chi connectivity index (χ0n) is 26.2. The van der Waals surface area contributed by atoms with Crippen molar-refractivity contribution in [3.8, 4) is 11.1 Å². The third-order valence-electron chi connectivity index (χ3n) is 12.6. The molecule has 0 aromatic heterocycles. The monoisotopic (exact) mass is 725 g/mol. The van der Waals surface area contributed by atoms with Crippen LogP contribution in [-0.2, 0) is 29.3 Å². The Morgan fingerprint density at radius 3 is 1.57 bits per heavy atom. The zero-order chi connectivity index (χ0) is 30.7. The molecule has 2 aromatic rings. The minimum absolute atomic E-state index is 0.228. The average Bonchev–Trinajstić information content (AvgIpc) is 2.94. The SMILES string of the molecule is CCCCC(P(C12CC3CC(CC(C3)C1)C2)C12CC3CC(CC(C3)C1)C2)S(=O)(=O)[O-].Nc1ccccc1-c1cccc[c]1[Pd+]. The first-order chi connectivity index (χ1) is 21.1. The normalized spacial score (nSPS) is 37.8. The van der Waals surface area contributed by atoms with Crippen LogP contribution in [0.4, 0.5) is 5.69 Å². The van der Waals surface area contributed by atoms with Crippen LogP contribution >= 0.6 is 7.92 Å². The molecule has 8 bridgehead atoms. The summed E-state index contributed by atoms with van der Waals surface area (Å²) in [6, 6.07) is 16.0. The van der Waals surface area contributed by atoms with Gasteiger partial charge in [-0.3, -0.25) is 0 Å². The second kappa shape index (κ2) is 12.4. The number of hydrogen-bond donors (Lipinski definition) is 1. The second-order valence-corrected chi connectivity index (χ2v) is 21.8. The van der Waals surface area contributed by atoms with Crippen LogP contribution in [-0.4, -0.2) is 28.3 Å². The van der Waals surface area contributed by atoms with Crippen LogP contribution < -0.4 is 9.77 Å². The Hall–Kier alpha value is -0.758. The standard InChI is InChI=1S/C25H41O3PS.C12H10N.Pd/c1-2-3-4-23(30(26,27)28)29(24-11-17-5-18(12-24)7-19(6-17)13-24)25-14-20-8-21(15-25)10-22(9-20)16-25;13-12-9-5-4-8-11(12)10-6-2-1-3-7-10;/h17-23H,2-16H2,1H3,(H,26,27,28);1-6,8-9H,13H2;/q;;+1/p-1. The summed E-state index contributed by atoms with van der Waals surface area (Å²) in [4.78, 5) is -0.556. The number of rotatable bonds is 8. The van der Waals surface area contributed by atoms with Crippen molar-refractivity contribution in [1.82, 2.24) is 0 Å². The van der Waals surface area contributed by atoms with Gasteiger partial charge in [-0.05, 0) is 129 Å². The van der Waals surface area contributed by atoms with Crippen LogP contribution in [0.3, 0.4) is 0 Å². The van der Waals surface area contributed by atoms with Gasteiger partial charge in [0.1, 0.15) is 10.1 Å². The van der Waals surface area contributed by atoms with Crippen molar-refractivity contribution in [1.29, 1.82) is 0 Å². The number of nitrogens with two attached hydrogens (primary N) is 1. The van der Waals surface area contributed by atoms with E-state index < -0.39 is 23.0 Å². The maximum absolute atomic E-state index is 12.9. The molecule has 8 aliphatic carbocycles. The van der Waals surface area contributed by atoms with Crippen molar-refractivity contribution in [2.75, 3.05) is 5.73 Å². The third-order valence-corrected chi connectivity index (χ3v) is 19.5. The predicted molar refractivity (Wildman–Crippen MR) is 178 cm³/mol. The molecule has 0 heterocycles. The van der Waals surface area contributed by atoms with Crippen LogP contribution in [0.5, 0.6) is 0 Å². The Kier molecular flexibility index (Phi) is 8.94. The van der Waals surface area contributed by atoms with Crippen LogP contribution in [0, 0.1) is 35.5 Å². The number of nitrogen functional groups attached to an aromatic ring is 1. The molecule has 44 heavy (non-hydrogen) atoms. The van der Waals surface area contributed by atoms with E-state index in [0.717, 1.165) is 69.2 Å². The van der Waals surface area contributed by atoms with Crippen LogP contribution in [0.1, 0.15) is 103 Å². The second-order valence-electron chi connectivity index (χ2n) is 15.8. The van der Waals surface area contributed by atoms with Crippen molar-refractivity contribution in [3.63, 3.8) is 0 Å². The van der Waals surface area contributed by atoms with Gasteiger partial charge in [-0.1, -0.05) is 27.7 Å². The summed E-state index contributed by atoms with van der Waals surface area (Å²) in [5.41, 5.74) is 8.94. The first kappa shape index (κ1) is 31.8. The molecule has 2 N–H and O–H groups in total. The van der Waals surface area contributed by atoms with E-state index in [1.165, 1.54) is 77.0 Å². The molecule has 0 spiro atoms. The molecule has 2 aromatic carbocycles. The predicted octanol–water partition coefficient (Wildman–Crippen LogP) is 8.58. The van der Waals surface area contributed by atoms with Gasteiger partial charge in [0.05, 0.1) is 4.99 Å². The van der Waals surface area contributed by atoms with Gasteiger partial charge in [0, 0.05) is 0 Å². The quantitative estimate of drug-likeness (QED) is 0.128. The van der Waals surface area contributed by atoms with E-state index in [-0.39, 0.29) is 10.3 Å². The van der Waals surface area contributed by atoms with Crippen molar-refractivity contribution in [2.24, 2.45) is 35.5 Å². The summed E-state index contributed by atoms with van der Waals surface area (Å²) < 4.78 is 39.9. The molecule has 8 aliphatic rings. The Morgan fingerprint density at radius 1 is 0.773 bits per heavy atom. The van der Waals surface area contributed by atoms with E-state index in [2.05, 4.69) is 32.2 Å². The number of benzene rings is 2. The molecule has 0 saturated heterocycles. The van der Waals surface area contributed by atoms with Gasteiger partial charge in [0.15, 0.2) is 0 Å². The number of hydrogen-bond acceptors (Lipinski definition) is 4. The fourth-order valence-corrected chi connectivity index (χ4v) is 20.7. The van der Waals surface area contributed by atoms with Crippen molar-refractivity contribution < 1.29 is 32.2 Å². The topological polar surface area (TPSA) is 83.2 Å². The average molecular weight is 726 g/mol. The van der Waals surface area contributed by atoms with Gasteiger partial charge >= 0.3 is 94.3 Å². The first-order valence-electron chi connectivity index (χ1n) is 17.4. The maximum atomic E-state index is 12.9. The van der Waals surface area contributed by atoms with Crippen molar-refractivity contribution >= 4 is 27.8 Å². The van der Waals surface area contributed by atoms with E-state index in [4.69, 9.17) is 5.73 Å². The van der Waals surface area contributed by atoms with E-state index in [0.29, 0.717) is 6.42 Å². The number of anilines is 1. The van der Waals surface area contributed by atoms with Gasteiger partial charge in [-0.25, -0.2) is 8.42 Å². The molecule has 1 atom stereocenters. The molecule has 242 valence electrons. The number of para-hydroxylation sites is 1. The first-order valence-corrected chi connectivity index (χ1v) is 21.0. The molecular formula is C37H50NO3PPdS. The molecule has 8 fully saturated rings. The molecule has 0 aliphatic heterocycles. The summed E-state index contributed by atoms with van der Waals surface area (Å²) in [5, 5.41) is 0.456. The van der Waals surface area contributed by atoms with E-state index >= 15 is 0 Å². The number of unbranched alkanes of at least 4 members (excludes halogenated alkanes) is 1. The fraction of sp³-hybridized carbons (Fsp3) is 0.676. The van der Waals surface area contributed by atoms with Crippen LogP contribution in [0.15, 0.2) is 48.5 Å². The summed E-state index contributed by atoms with van der Waals surface area (Å²) >= 11 is 3.23. The fourth-order valence-electron chi connectivity index (χ4n) is 12.0. The van der Waals surface area contributed by atoms with Gasteiger partial charge in [0.25, 0.3) is 0 Å². The Balaban J connectivity index is 0.000000187. The summed E-state index contributed by atoms with van der Waals surface area (Å²) in [6.07, 6.45) is 18.5. The van der Waals surface area contributed by atoms with E-state index in [1.807, 2.05) is 42.5 Å². The van der Waals surface area contributed by atoms with E-state index in [9.17, 15) is 13.0 Å². The van der Waals surface area contributed by atoms with E-state index in [1.54, 1.807) is 0 Å². The van der Waals surface area contributed by atoms with Crippen molar-refractivity contribution in [2.45, 2.75) is 119 Å². The molecule has 1 unspecified atom stereocenters. The van der Waals surface area contributed by atoms with Gasteiger partial charge < -0.3 is 4.55 Å². The molecule has 7 heteroatoms. The van der Waals surface area contributed by atoms with Gasteiger partial charge in [0.2, 0.25) is 0 Å². The third kappa shape index (κ3) is 6.03. The molecular weight excluding hydrogens is 676 g/mol. The summed E-state index contributed by atoms with van der Waals surface area (Å²) in [6.45, 7) is 2.15. The zero-order valence-corrected chi connectivity index (χ0v) is 29.5. The summed E-state index contributed by atoms with van der Waals surface area (Å²) in [5.74, 6) is 4.98. The van der Waals surface area contributed by atoms with Crippen molar-refractivity contribution in [3.05, 3.63) is 48.5 Å². The Labute approximate surface area is 278 Å². The van der Waals surface area contributed by atoms with Crippen LogP contribution in [0.25, 0.3) is 11.1 Å². The van der Waals surface area contributed by atoms with Crippen LogP contribution in [0.2, 0.25) is 0 Å². The molecule has 8 saturated carbocycles. The molecule has 4 nitrogen and oxygen atoms in total. The molecule has 0 radical (unpaired) electrons. The minimum atomic E-state index is -4.24. The Bertz CT molecular complexity index is 1300.